The summed E-state index contributed by atoms with van der Waals surface area (Å²) in [5, 5.41) is 0. The van der Waals surface area contributed by atoms with Gasteiger partial charge in [-0.1, -0.05) is 61.9 Å². The number of benzene rings is 2. The first-order chi connectivity index (χ1) is 10.9. The molecule has 0 nitrogen and oxygen atoms in total. The number of rotatable bonds is 1. The molecule has 0 saturated carbocycles. The van der Waals surface area contributed by atoms with Gasteiger partial charge < -0.3 is 0 Å². The Balaban J connectivity index is 1.95. The molecule has 0 aromatic heterocycles. The molecule has 2 aromatic rings. The van der Waals surface area contributed by atoms with E-state index in [1.807, 2.05) is 0 Å². The predicted molar refractivity (Wildman–Crippen MR) is 99.1 cm³/mol. The highest BCUT2D eigenvalue weighted by molar-refractivity contribution is 5.91. The van der Waals surface area contributed by atoms with E-state index in [0.29, 0.717) is 0 Å². The molecule has 115 valence electrons. The summed E-state index contributed by atoms with van der Waals surface area (Å²) in [6.07, 6.45) is 2.36. The van der Waals surface area contributed by atoms with Crippen LogP contribution >= 0.6 is 0 Å². The summed E-state index contributed by atoms with van der Waals surface area (Å²) in [5.41, 5.74) is 12.9. The van der Waals surface area contributed by atoms with E-state index in [0.717, 1.165) is 0 Å². The second kappa shape index (κ2) is 4.71. The Morgan fingerprint density at radius 1 is 0.696 bits per heavy atom. The molecule has 0 N–H and O–H groups in total. The fourth-order valence-corrected chi connectivity index (χ4v) is 4.33. The summed E-state index contributed by atoms with van der Waals surface area (Å²) in [6.45, 7) is 11.6. The van der Waals surface area contributed by atoms with E-state index in [1.165, 1.54) is 50.1 Å². The van der Waals surface area contributed by atoms with Crippen molar-refractivity contribution in [2.24, 2.45) is 5.41 Å². The molecule has 0 heterocycles. The van der Waals surface area contributed by atoms with Crippen LogP contribution in [0.25, 0.3) is 16.7 Å². The van der Waals surface area contributed by atoms with E-state index >= 15 is 0 Å². The molecule has 0 atom stereocenters. The summed E-state index contributed by atoms with van der Waals surface area (Å²) in [4.78, 5) is 0. The Kier molecular flexibility index (Phi) is 2.97. The van der Waals surface area contributed by atoms with Crippen molar-refractivity contribution >= 4 is 5.57 Å². The zero-order valence-corrected chi connectivity index (χ0v) is 14.6. The summed E-state index contributed by atoms with van der Waals surface area (Å²) < 4.78 is 0. The zero-order chi connectivity index (χ0) is 16.4. The standard InChI is InChI=1S/C23H23/c1-14-15(2)22(23(4,5)16(14)3)20-12-8-11-19-18-10-7-6-9-17(18)13-21(19)20/h6-13H,1-5H3. The Hall–Kier alpha value is -2.08. The van der Waals surface area contributed by atoms with Gasteiger partial charge in [0.2, 0.25) is 0 Å². The molecular formula is C23H23. The van der Waals surface area contributed by atoms with Crippen molar-refractivity contribution in [2.45, 2.75) is 34.6 Å². The van der Waals surface area contributed by atoms with Gasteiger partial charge in [0.05, 0.1) is 0 Å². The second-order valence-corrected chi connectivity index (χ2v) is 7.37. The Morgan fingerprint density at radius 2 is 1.35 bits per heavy atom. The van der Waals surface area contributed by atoms with Crippen molar-refractivity contribution in [3.8, 4) is 11.1 Å². The van der Waals surface area contributed by atoms with Crippen LogP contribution in [-0.4, -0.2) is 0 Å². The molecule has 1 radical (unpaired) electrons. The van der Waals surface area contributed by atoms with Crippen LogP contribution in [0.2, 0.25) is 0 Å². The van der Waals surface area contributed by atoms with Crippen molar-refractivity contribution in [1.82, 2.24) is 0 Å². The van der Waals surface area contributed by atoms with Crippen LogP contribution in [-0.2, 0) is 0 Å². The summed E-state index contributed by atoms with van der Waals surface area (Å²) in [6, 6.07) is 15.5. The Labute approximate surface area is 139 Å². The highest BCUT2D eigenvalue weighted by Gasteiger charge is 2.37. The van der Waals surface area contributed by atoms with Crippen LogP contribution < -0.4 is 0 Å². The van der Waals surface area contributed by atoms with Crippen LogP contribution in [0, 0.1) is 11.8 Å². The highest BCUT2D eigenvalue weighted by Crippen LogP contribution is 2.53. The average Bonchev–Trinajstić information content (AvgIpc) is 2.98. The maximum atomic E-state index is 2.36. The Morgan fingerprint density at radius 3 is 2.04 bits per heavy atom. The van der Waals surface area contributed by atoms with E-state index in [2.05, 4.69) is 83.5 Å². The molecule has 0 unspecified atom stereocenters. The van der Waals surface area contributed by atoms with Crippen LogP contribution in [0.4, 0.5) is 0 Å². The third kappa shape index (κ3) is 1.84. The lowest BCUT2D eigenvalue weighted by atomic mass is 9.76. The molecule has 2 aromatic carbocycles. The molecule has 2 aliphatic rings. The smallest absolute Gasteiger partial charge is 0.0218 e. The molecule has 4 rings (SSSR count). The van der Waals surface area contributed by atoms with E-state index < -0.39 is 0 Å². The minimum Gasteiger partial charge on any atom is -0.0619 e. The minimum absolute atomic E-state index is 0.103. The average molecular weight is 299 g/mol. The number of allylic oxidation sites excluding steroid dienone is 4. The SMILES string of the molecule is CC1=C(C)C(C)(C)C(c2cccc3c2[CH]c2ccccc2-3)=C1C. The van der Waals surface area contributed by atoms with Gasteiger partial charge in [0.25, 0.3) is 0 Å². The fraction of sp³-hybridized carbons (Fsp3) is 0.261. The lowest BCUT2D eigenvalue weighted by Crippen LogP contribution is -2.13. The van der Waals surface area contributed by atoms with Gasteiger partial charge >= 0.3 is 0 Å². The summed E-state index contributed by atoms with van der Waals surface area (Å²) in [5.74, 6) is 0. The number of hydrogen-bond acceptors (Lipinski definition) is 0. The van der Waals surface area contributed by atoms with E-state index in [9.17, 15) is 0 Å². The zero-order valence-electron chi connectivity index (χ0n) is 14.6. The molecular weight excluding hydrogens is 276 g/mol. The lowest BCUT2D eigenvalue weighted by Gasteiger charge is -2.27. The monoisotopic (exact) mass is 299 g/mol. The van der Waals surface area contributed by atoms with Crippen LogP contribution in [0.1, 0.15) is 51.3 Å². The molecule has 0 heteroatoms. The first-order valence-corrected chi connectivity index (χ1v) is 8.40. The fourth-order valence-electron chi connectivity index (χ4n) is 4.33. The summed E-state index contributed by atoms with van der Waals surface area (Å²) >= 11 is 0. The molecule has 2 aliphatic carbocycles. The molecule has 0 fully saturated rings. The van der Waals surface area contributed by atoms with E-state index in [-0.39, 0.29) is 5.41 Å². The van der Waals surface area contributed by atoms with Crippen molar-refractivity contribution in [3.63, 3.8) is 0 Å². The third-order valence-corrected chi connectivity index (χ3v) is 5.99. The maximum absolute atomic E-state index is 2.36. The second-order valence-electron chi connectivity index (χ2n) is 7.37. The largest absolute Gasteiger partial charge is 0.0619 e. The number of hydrogen-bond donors (Lipinski definition) is 0. The van der Waals surface area contributed by atoms with Crippen molar-refractivity contribution in [1.29, 1.82) is 0 Å². The first-order valence-electron chi connectivity index (χ1n) is 8.40. The van der Waals surface area contributed by atoms with Crippen LogP contribution in [0.15, 0.2) is 59.2 Å². The van der Waals surface area contributed by atoms with E-state index in [4.69, 9.17) is 0 Å². The van der Waals surface area contributed by atoms with Crippen molar-refractivity contribution in [3.05, 3.63) is 82.3 Å². The summed E-state index contributed by atoms with van der Waals surface area (Å²) in [7, 11) is 0. The van der Waals surface area contributed by atoms with Gasteiger partial charge in [0.1, 0.15) is 0 Å². The van der Waals surface area contributed by atoms with Gasteiger partial charge in [-0.05, 0) is 65.3 Å². The third-order valence-electron chi connectivity index (χ3n) is 5.99. The molecule has 0 spiro atoms. The first kappa shape index (κ1) is 14.5. The van der Waals surface area contributed by atoms with Gasteiger partial charge in [0.15, 0.2) is 0 Å². The van der Waals surface area contributed by atoms with E-state index in [1.54, 1.807) is 0 Å². The maximum Gasteiger partial charge on any atom is 0.0218 e. The van der Waals surface area contributed by atoms with Gasteiger partial charge in [-0.2, -0.15) is 0 Å². The van der Waals surface area contributed by atoms with Crippen LogP contribution in [0.3, 0.4) is 0 Å². The topological polar surface area (TPSA) is 0 Å². The van der Waals surface area contributed by atoms with Gasteiger partial charge in [0, 0.05) is 11.8 Å². The highest BCUT2D eigenvalue weighted by atomic mass is 14.4. The van der Waals surface area contributed by atoms with Crippen molar-refractivity contribution < 1.29 is 0 Å². The number of fused-ring (bicyclic) bond motifs is 3. The lowest BCUT2D eigenvalue weighted by molar-refractivity contribution is 0.608. The van der Waals surface area contributed by atoms with Crippen LogP contribution in [0.5, 0.6) is 0 Å². The molecule has 0 aliphatic heterocycles. The minimum atomic E-state index is 0.103. The van der Waals surface area contributed by atoms with Gasteiger partial charge in [-0.15, -0.1) is 0 Å². The molecule has 0 amide bonds. The quantitative estimate of drug-likeness (QED) is 0.486. The Bertz CT molecular complexity index is 888. The normalized spacial score (nSPS) is 18.5. The van der Waals surface area contributed by atoms with Crippen molar-refractivity contribution in [2.75, 3.05) is 0 Å². The van der Waals surface area contributed by atoms with Gasteiger partial charge in [-0.3, -0.25) is 0 Å². The van der Waals surface area contributed by atoms with Gasteiger partial charge in [-0.25, -0.2) is 0 Å². The molecule has 0 saturated heterocycles. The molecule has 23 heavy (non-hydrogen) atoms. The predicted octanol–water partition coefficient (Wildman–Crippen LogP) is 6.42. The molecule has 0 bridgehead atoms.